The summed E-state index contributed by atoms with van der Waals surface area (Å²) in [5.41, 5.74) is 1.04. The molecular weight excluding hydrogens is 302 g/mol. The highest BCUT2D eigenvalue weighted by Crippen LogP contribution is 2.35. The first-order valence-electron chi connectivity index (χ1n) is 7.37. The van der Waals surface area contributed by atoms with Gasteiger partial charge in [-0.15, -0.1) is 0 Å². The molecule has 1 fully saturated rings. The summed E-state index contributed by atoms with van der Waals surface area (Å²) in [5, 5.41) is 10.1. The van der Waals surface area contributed by atoms with E-state index in [-0.39, 0.29) is 6.04 Å². The zero-order valence-electron chi connectivity index (χ0n) is 11.9. The molecule has 2 nitrogen and oxygen atoms in total. The van der Waals surface area contributed by atoms with Gasteiger partial charge in [0.05, 0.1) is 0 Å². The van der Waals surface area contributed by atoms with Crippen molar-refractivity contribution >= 4 is 15.9 Å². The summed E-state index contributed by atoms with van der Waals surface area (Å²) < 4.78 is 1.04. The lowest BCUT2D eigenvalue weighted by Crippen LogP contribution is -2.41. The van der Waals surface area contributed by atoms with Crippen LogP contribution in [0.25, 0.3) is 0 Å². The lowest BCUT2D eigenvalue weighted by molar-refractivity contribution is 0.0950. The van der Waals surface area contributed by atoms with E-state index in [1.165, 1.54) is 32.1 Å². The minimum atomic E-state index is 0.286. The third-order valence-corrected chi connectivity index (χ3v) is 4.72. The fourth-order valence-corrected chi connectivity index (χ4v) is 3.59. The van der Waals surface area contributed by atoms with E-state index in [1.807, 2.05) is 6.07 Å². The molecule has 2 unspecified atom stereocenters. The molecule has 0 spiro atoms. The molecule has 1 N–H and O–H groups in total. The topological polar surface area (TPSA) is 23.5 Å². The molecule has 0 saturated carbocycles. The smallest absolute Gasteiger partial charge is 0.120 e. The molecule has 0 radical (unpaired) electrons. The van der Waals surface area contributed by atoms with E-state index in [9.17, 15) is 5.11 Å². The van der Waals surface area contributed by atoms with Crippen molar-refractivity contribution in [3.63, 3.8) is 0 Å². The largest absolute Gasteiger partial charge is 0.508 e. The Morgan fingerprint density at radius 2 is 2.21 bits per heavy atom. The van der Waals surface area contributed by atoms with Crippen molar-refractivity contribution in [2.75, 3.05) is 6.54 Å². The minimum Gasteiger partial charge on any atom is -0.508 e. The standard InChI is InChI=1S/C16H24BrNO/c1-3-6-14-7-4-5-10-18(14)12(2)15-11-13(17)8-9-16(15)19/h8-9,11-12,14,19H,3-7,10H2,1-2H3. The molecule has 1 aromatic rings. The second kappa shape index (κ2) is 6.76. The van der Waals surface area contributed by atoms with Gasteiger partial charge in [0, 0.05) is 22.1 Å². The van der Waals surface area contributed by atoms with Gasteiger partial charge in [0.25, 0.3) is 0 Å². The average Bonchev–Trinajstić information content (AvgIpc) is 2.42. The Bertz CT molecular complexity index is 419. The van der Waals surface area contributed by atoms with E-state index < -0.39 is 0 Å². The van der Waals surface area contributed by atoms with E-state index in [2.05, 4.69) is 40.7 Å². The maximum Gasteiger partial charge on any atom is 0.120 e. The number of hydrogen-bond acceptors (Lipinski definition) is 2. The molecule has 0 aliphatic carbocycles. The Morgan fingerprint density at radius 3 is 2.95 bits per heavy atom. The Hall–Kier alpha value is -0.540. The molecule has 0 amide bonds. The van der Waals surface area contributed by atoms with Gasteiger partial charge in [0.1, 0.15) is 5.75 Å². The number of nitrogens with zero attached hydrogens (tertiary/aromatic N) is 1. The first kappa shape index (κ1) is 14.9. The number of phenols is 1. The summed E-state index contributed by atoms with van der Waals surface area (Å²) in [6.07, 6.45) is 6.42. The van der Waals surface area contributed by atoms with Gasteiger partial charge in [-0.1, -0.05) is 35.7 Å². The number of benzene rings is 1. The summed E-state index contributed by atoms with van der Waals surface area (Å²) in [6.45, 7) is 5.63. The van der Waals surface area contributed by atoms with Gasteiger partial charge in [-0.3, -0.25) is 4.90 Å². The number of halogens is 1. The Morgan fingerprint density at radius 1 is 1.42 bits per heavy atom. The summed E-state index contributed by atoms with van der Waals surface area (Å²) >= 11 is 3.50. The molecule has 1 aliphatic rings. The molecule has 19 heavy (non-hydrogen) atoms. The molecule has 1 aromatic carbocycles. The van der Waals surface area contributed by atoms with E-state index >= 15 is 0 Å². The number of rotatable bonds is 4. The van der Waals surface area contributed by atoms with Crippen LogP contribution in [0.3, 0.4) is 0 Å². The summed E-state index contributed by atoms with van der Waals surface area (Å²) in [7, 11) is 0. The summed E-state index contributed by atoms with van der Waals surface area (Å²) in [5.74, 6) is 0.413. The van der Waals surface area contributed by atoms with Crippen LogP contribution in [0.2, 0.25) is 0 Å². The monoisotopic (exact) mass is 325 g/mol. The van der Waals surface area contributed by atoms with Crippen molar-refractivity contribution in [1.29, 1.82) is 0 Å². The lowest BCUT2D eigenvalue weighted by atomic mass is 9.94. The highest BCUT2D eigenvalue weighted by molar-refractivity contribution is 9.10. The molecule has 0 bridgehead atoms. The fourth-order valence-electron chi connectivity index (χ4n) is 3.21. The SMILES string of the molecule is CCCC1CCCCN1C(C)c1cc(Br)ccc1O. The van der Waals surface area contributed by atoms with Gasteiger partial charge in [0.15, 0.2) is 0 Å². The maximum absolute atomic E-state index is 10.1. The van der Waals surface area contributed by atoms with Gasteiger partial charge in [-0.25, -0.2) is 0 Å². The molecule has 1 heterocycles. The van der Waals surface area contributed by atoms with Gasteiger partial charge < -0.3 is 5.11 Å². The maximum atomic E-state index is 10.1. The van der Waals surface area contributed by atoms with Gasteiger partial charge in [-0.05, 0) is 50.9 Å². The van der Waals surface area contributed by atoms with Crippen molar-refractivity contribution < 1.29 is 5.11 Å². The van der Waals surface area contributed by atoms with Crippen LogP contribution in [0.15, 0.2) is 22.7 Å². The number of aromatic hydroxyl groups is 1. The van der Waals surface area contributed by atoms with Crippen molar-refractivity contribution in [2.45, 2.75) is 58.0 Å². The van der Waals surface area contributed by atoms with Crippen LogP contribution in [0.4, 0.5) is 0 Å². The van der Waals surface area contributed by atoms with Gasteiger partial charge in [-0.2, -0.15) is 0 Å². The molecule has 1 saturated heterocycles. The average molecular weight is 326 g/mol. The van der Waals surface area contributed by atoms with Crippen LogP contribution < -0.4 is 0 Å². The van der Waals surface area contributed by atoms with E-state index in [4.69, 9.17) is 0 Å². The zero-order valence-corrected chi connectivity index (χ0v) is 13.5. The normalized spacial score (nSPS) is 22.4. The third kappa shape index (κ3) is 3.51. The van der Waals surface area contributed by atoms with Crippen molar-refractivity contribution in [1.82, 2.24) is 4.90 Å². The van der Waals surface area contributed by atoms with Crippen molar-refractivity contribution in [3.05, 3.63) is 28.2 Å². The molecule has 106 valence electrons. The Kier molecular flexibility index (Phi) is 5.28. The van der Waals surface area contributed by atoms with Crippen LogP contribution in [0, 0.1) is 0 Å². The number of phenolic OH excluding ortho intramolecular Hbond substituents is 1. The number of likely N-dealkylation sites (tertiary alicyclic amines) is 1. The molecule has 2 rings (SSSR count). The molecule has 2 atom stereocenters. The Balaban J connectivity index is 2.20. The summed E-state index contributed by atoms with van der Waals surface area (Å²) in [6, 6.07) is 6.69. The predicted octanol–water partition coefficient (Wildman–Crippen LogP) is 4.87. The predicted molar refractivity (Wildman–Crippen MR) is 83.5 cm³/mol. The number of piperidine rings is 1. The highest BCUT2D eigenvalue weighted by Gasteiger charge is 2.27. The minimum absolute atomic E-state index is 0.286. The van der Waals surface area contributed by atoms with Crippen LogP contribution in [-0.2, 0) is 0 Å². The van der Waals surface area contributed by atoms with Gasteiger partial charge in [0.2, 0.25) is 0 Å². The van der Waals surface area contributed by atoms with Crippen LogP contribution in [-0.4, -0.2) is 22.6 Å². The molecule has 0 aromatic heterocycles. The lowest BCUT2D eigenvalue weighted by Gasteiger charge is -2.40. The Labute approximate surface area is 124 Å². The third-order valence-electron chi connectivity index (χ3n) is 4.23. The fraction of sp³-hybridized carbons (Fsp3) is 0.625. The number of hydrogen-bond donors (Lipinski definition) is 1. The second-order valence-corrected chi connectivity index (χ2v) is 6.47. The van der Waals surface area contributed by atoms with Crippen molar-refractivity contribution in [3.8, 4) is 5.75 Å². The van der Waals surface area contributed by atoms with E-state index in [1.54, 1.807) is 6.07 Å². The molecule has 3 heteroatoms. The van der Waals surface area contributed by atoms with Crippen LogP contribution in [0.5, 0.6) is 5.75 Å². The highest BCUT2D eigenvalue weighted by atomic mass is 79.9. The summed E-state index contributed by atoms with van der Waals surface area (Å²) in [4.78, 5) is 2.58. The van der Waals surface area contributed by atoms with Gasteiger partial charge >= 0.3 is 0 Å². The van der Waals surface area contributed by atoms with Crippen molar-refractivity contribution in [2.24, 2.45) is 0 Å². The first-order chi connectivity index (χ1) is 9.13. The first-order valence-corrected chi connectivity index (χ1v) is 8.17. The molecule has 1 aliphatic heterocycles. The van der Waals surface area contributed by atoms with E-state index in [0.717, 1.165) is 16.6 Å². The van der Waals surface area contributed by atoms with Crippen LogP contribution in [0.1, 0.15) is 57.6 Å². The second-order valence-electron chi connectivity index (χ2n) is 5.56. The van der Waals surface area contributed by atoms with E-state index in [0.29, 0.717) is 11.8 Å². The van der Waals surface area contributed by atoms with Crippen LogP contribution >= 0.6 is 15.9 Å². The molecular formula is C16H24BrNO. The zero-order chi connectivity index (χ0) is 13.8. The quantitative estimate of drug-likeness (QED) is 0.853.